The van der Waals surface area contributed by atoms with E-state index in [9.17, 15) is 14.3 Å². The molecule has 2 rings (SSSR count). The summed E-state index contributed by atoms with van der Waals surface area (Å²) >= 11 is 3.42. The maximum atomic E-state index is 13.0. The molecule has 20 heavy (non-hydrogen) atoms. The normalized spacial score (nSPS) is 17.0. The molecule has 1 aromatic carbocycles. The lowest BCUT2D eigenvalue weighted by molar-refractivity contribution is 0.0758. The summed E-state index contributed by atoms with van der Waals surface area (Å²) in [4.78, 5) is 16.4. The third kappa shape index (κ3) is 3.70. The lowest BCUT2D eigenvalue weighted by atomic mass is 10.1. The lowest BCUT2D eigenvalue weighted by Crippen LogP contribution is -2.35. The van der Waals surface area contributed by atoms with Gasteiger partial charge in [-0.3, -0.25) is 4.79 Å². The monoisotopic (exact) mass is 344 g/mol. The van der Waals surface area contributed by atoms with Crippen LogP contribution in [0, 0.1) is 5.82 Å². The highest BCUT2D eigenvalue weighted by atomic mass is 79.9. The van der Waals surface area contributed by atoms with E-state index in [1.807, 2.05) is 0 Å². The van der Waals surface area contributed by atoms with Gasteiger partial charge in [-0.2, -0.15) is 0 Å². The third-order valence-electron chi connectivity index (χ3n) is 3.47. The van der Waals surface area contributed by atoms with E-state index < -0.39 is 5.82 Å². The number of benzene rings is 1. The number of carbonyl (C=O) groups excluding carboxylic acids is 1. The number of carbonyl (C=O) groups is 1. The fourth-order valence-corrected chi connectivity index (χ4v) is 2.87. The molecule has 0 spiro atoms. The van der Waals surface area contributed by atoms with Crippen LogP contribution in [0.2, 0.25) is 0 Å². The van der Waals surface area contributed by atoms with Gasteiger partial charge in [0, 0.05) is 37.6 Å². The number of phenols is 1. The standard InChI is InChI=1S/C14H18BrFN2O2/c15-4-7-17-5-1-6-18(9-8-17)14(20)12-3-2-11(16)10-13(12)19/h2-3,10,19H,1,4-9H2. The van der Waals surface area contributed by atoms with E-state index in [0.717, 1.165) is 37.5 Å². The molecule has 1 aromatic rings. The zero-order valence-electron chi connectivity index (χ0n) is 11.2. The number of aromatic hydroxyl groups is 1. The predicted molar refractivity (Wildman–Crippen MR) is 78.8 cm³/mol. The number of rotatable bonds is 3. The van der Waals surface area contributed by atoms with E-state index in [1.165, 1.54) is 12.1 Å². The quantitative estimate of drug-likeness (QED) is 0.853. The summed E-state index contributed by atoms with van der Waals surface area (Å²) in [5, 5.41) is 10.6. The minimum absolute atomic E-state index is 0.167. The van der Waals surface area contributed by atoms with Gasteiger partial charge in [0.25, 0.3) is 5.91 Å². The van der Waals surface area contributed by atoms with Crippen LogP contribution in [0.15, 0.2) is 18.2 Å². The van der Waals surface area contributed by atoms with Crippen molar-refractivity contribution >= 4 is 21.8 Å². The Balaban J connectivity index is 2.05. The summed E-state index contributed by atoms with van der Waals surface area (Å²) in [5.41, 5.74) is 0.167. The minimum Gasteiger partial charge on any atom is -0.507 e. The van der Waals surface area contributed by atoms with Crippen LogP contribution in [-0.2, 0) is 0 Å². The molecule has 110 valence electrons. The van der Waals surface area contributed by atoms with E-state index in [-0.39, 0.29) is 17.2 Å². The summed E-state index contributed by atoms with van der Waals surface area (Å²) in [6.45, 7) is 4.03. The number of hydrogen-bond donors (Lipinski definition) is 1. The third-order valence-corrected chi connectivity index (χ3v) is 3.82. The topological polar surface area (TPSA) is 43.8 Å². The second-order valence-electron chi connectivity index (χ2n) is 4.84. The summed E-state index contributed by atoms with van der Waals surface area (Å²) in [6, 6.07) is 3.51. The second kappa shape index (κ2) is 7.04. The second-order valence-corrected chi connectivity index (χ2v) is 5.63. The summed E-state index contributed by atoms with van der Waals surface area (Å²) in [7, 11) is 0. The Bertz CT molecular complexity index is 484. The molecule has 0 bridgehead atoms. The van der Waals surface area contributed by atoms with Gasteiger partial charge in [-0.15, -0.1) is 0 Å². The molecule has 4 nitrogen and oxygen atoms in total. The van der Waals surface area contributed by atoms with Gasteiger partial charge < -0.3 is 14.9 Å². The average molecular weight is 345 g/mol. The van der Waals surface area contributed by atoms with Crippen molar-refractivity contribution in [2.45, 2.75) is 6.42 Å². The van der Waals surface area contributed by atoms with Crippen LogP contribution in [-0.4, -0.2) is 58.9 Å². The van der Waals surface area contributed by atoms with Crippen LogP contribution in [0.1, 0.15) is 16.8 Å². The van der Waals surface area contributed by atoms with Crippen molar-refractivity contribution in [1.82, 2.24) is 9.80 Å². The van der Waals surface area contributed by atoms with Crippen molar-refractivity contribution in [3.8, 4) is 5.75 Å². The molecule has 1 saturated heterocycles. The molecule has 1 fully saturated rings. The van der Waals surface area contributed by atoms with Crippen LogP contribution in [0.4, 0.5) is 4.39 Å². The molecule has 1 N–H and O–H groups in total. The first-order chi connectivity index (χ1) is 9.61. The summed E-state index contributed by atoms with van der Waals surface area (Å²) in [6.07, 6.45) is 0.903. The summed E-state index contributed by atoms with van der Waals surface area (Å²) < 4.78 is 13.0. The Morgan fingerprint density at radius 2 is 2.10 bits per heavy atom. The van der Waals surface area contributed by atoms with Gasteiger partial charge in [0.05, 0.1) is 5.56 Å². The molecule has 6 heteroatoms. The van der Waals surface area contributed by atoms with Crippen molar-refractivity contribution in [3.63, 3.8) is 0 Å². The van der Waals surface area contributed by atoms with E-state index in [4.69, 9.17) is 0 Å². The highest BCUT2D eigenvalue weighted by Gasteiger charge is 2.22. The van der Waals surface area contributed by atoms with Crippen LogP contribution < -0.4 is 0 Å². The Kier molecular flexibility index (Phi) is 5.37. The molecule has 1 amide bonds. The smallest absolute Gasteiger partial charge is 0.257 e. The first kappa shape index (κ1) is 15.3. The van der Waals surface area contributed by atoms with Crippen molar-refractivity contribution in [3.05, 3.63) is 29.6 Å². The zero-order chi connectivity index (χ0) is 14.5. The van der Waals surface area contributed by atoms with Crippen LogP contribution in [0.3, 0.4) is 0 Å². The van der Waals surface area contributed by atoms with Gasteiger partial charge in [0.2, 0.25) is 0 Å². The lowest BCUT2D eigenvalue weighted by Gasteiger charge is -2.22. The van der Waals surface area contributed by atoms with E-state index in [1.54, 1.807) is 4.90 Å². The fraction of sp³-hybridized carbons (Fsp3) is 0.500. The number of alkyl halides is 1. The van der Waals surface area contributed by atoms with Crippen molar-refractivity contribution < 1.29 is 14.3 Å². The molecule has 0 aromatic heterocycles. The van der Waals surface area contributed by atoms with Gasteiger partial charge in [0.15, 0.2) is 0 Å². The maximum absolute atomic E-state index is 13.0. The Hall–Kier alpha value is -1.14. The maximum Gasteiger partial charge on any atom is 0.257 e. The molecular formula is C14H18BrFN2O2. The first-order valence-corrected chi connectivity index (χ1v) is 7.80. The van der Waals surface area contributed by atoms with E-state index >= 15 is 0 Å². The molecular weight excluding hydrogens is 327 g/mol. The summed E-state index contributed by atoms with van der Waals surface area (Å²) in [5.74, 6) is -1.07. The van der Waals surface area contributed by atoms with E-state index in [2.05, 4.69) is 20.8 Å². The Morgan fingerprint density at radius 1 is 1.30 bits per heavy atom. The largest absolute Gasteiger partial charge is 0.507 e. The number of amides is 1. The number of halogens is 2. The van der Waals surface area contributed by atoms with E-state index in [0.29, 0.717) is 13.1 Å². The molecule has 0 unspecified atom stereocenters. The molecule has 1 aliphatic rings. The number of phenolic OH excluding ortho intramolecular Hbond substituents is 1. The van der Waals surface area contributed by atoms with Crippen LogP contribution >= 0.6 is 15.9 Å². The number of hydrogen-bond acceptors (Lipinski definition) is 3. The Morgan fingerprint density at radius 3 is 2.80 bits per heavy atom. The highest BCUT2D eigenvalue weighted by molar-refractivity contribution is 9.09. The van der Waals surface area contributed by atoms with Crippen LogP contribution in [0.5, 0.6) is 5.75 Å². The fourth-order valence-electron chi connectivity index (χ4n) is 2.37. The molecule has 0 atom stereocenters. The van der Waals surface area contributed by atoms with Gasteiger partial charge in [-0.05, 0) is 25.1 Å². The highest BCUT2D eigenvalue weighted by Crippen LogP contribution is 2.20. The Labute approximate surface area is 126 Å². The molecule has 0 aliphatic carbocycles. The van der Waals surface area contributed by atoms with Gasteiger partial charge in [-0.1, -0.05) is 15.9 Å². The SMILES string of the molecule is O=C(c1ccc(F)cc1O)N1CCCN(CCBr)CC1. The molecule has 1 heterocycles. The average Bonchev–Trinajstić information content (AvgIpc) is 2.64. The minimum atomic E-state index is -0.543. The molecule has 0 radical (unpaired) electrons. The van der Waals surface area contributed by atoms with Crippen LogP contribution in [0.25, 0.3) is 0 Å². The first-order valence-electron chi connectivity index (χ1n) is 6.68. The van der Waals surface area contributed by atoms with Crippen molar-refractivity contribution in [2.24, 2.45) is 0 Å². The molecule has 1 aliphatic heterocycles. The van der Waals surface area contributed by atoms with Gasteiger partial charge in [-0.25, -0.2) is 4.39 Å². The van der Waals surface area contributed by atoms with Gasteiger partial charge in [0.1, 0.15) is 11.6 Å². The predicted octanol–water partition coefficient (Wildman–Crippen LogP) is 2.07. The van der Waals surface area contributed by atoms with Crippen molar-refractivity contribution in [1.29, 1.82) is 0 Å². The van der Waals surface area contributed by atoms with Crippen molar-refractivity contribution in [2.75, 3.05) is 38.1 Å². The zero-order valence-corrected chi connectivity index (χ0v) is 12.8. The molecule has 0 saturated carbocycles. The van der Waals surface area contributed by atoms with Gasteiger partial charge >= 0.3 is 0 Å². The number of nitrogens with zero attached hydrogens (tertiary/aromatic N) is 2.